The lowest BCUT2D eigenvalue weighted by Crippen LogP contribution is -2.41. The first-order valence-electron chi connectivity index (χ1n) is 10.2. The van der Waals surface area contributed by atoms with Gasteiger partial charge in [0, 0.05) is 26.2 Å². The predicted molar refractivity (Wildman–Crippen MR) is 105 cm³/mol. The summed E-state index contributed by atoms with van der Waals surface area (Å²) in [7, 11) is 1.66. The molecule has 27 heavy (non-hydrogen) atoms. The van der Waals surface area contributed by atoms with E-state index in [0.717, 1.165) is 38.2 Å². The molecule has 0 bridgehead atoms. The molecular formula is C21H34N2O4. The van der Waals surface area contributed by atoms with Gasteiger partial charge in [-0.1, -0.05) is 12.5 Å². The van der Waals surface area contributed by atoms with Crippen molar-refractivity contribution in [1.29, 1.82) is 0 Å². The Labute approximate surface area is 162 Å². The van der Waals surface area contributed by atoms with Crippen molar-refractivity contribution in [3.05, 3.63) is 23.8 Å². The molecule has 2 fully saturated rings. The second-order valence-corrected chi connectivity index (χ2v) is 7.82. The third kappa shape index (κ3) is 6.35. The maximum atomic E-state index is 10.3. The second-order valence-electron chi connectivity index (χ2n) is 7.82. The van der Waals surface area contributed by atoms with E-state index in [-0.39, 0.29) is 12.7 Å². The molecule has 2 heterocycles. The van der Waals surface area contributed by atoms with Gasteiger partial charge in [-0.25, -0.2) is 0 Å². The number of hydrogen-bond acceptors (Lipinski definition) is 6. The SMILES string of the molecule is COc1cc(CN2CCCCC2)ccc1OC[C@@H](O)CN1CCC(O)CC1. The van der Waals surface area contributed by atoms with E-state index >= 15 is 0 Å². The Morgan fingerprint density at radius 2 is 1.78 bits per heavy atom. The van der Waals surface area contributed by atoms with E-state index in [1.54, 1.807) is 7.11 Å². The van der Waals surface area contributed by atoms with Gasteiger partial charge in [0.05, 0.1) is 13.2 Å². The molecule has 6 nitrogen and oxygen atoms in total. The van der Waals surface area contributed by atoms with E-state index in [9.17, 15) is 10.2 Å². The van der Waals surface area contributed by atoms with Crippen LogP contribution in [-0.4, -0.2) is 78.7 Å². The Balaban J connectivity index is 1.48. The summed E-state index contributed by atoms with van der Waals surface area (Å²) in [4.78, 5) is 4.66. The lowest BCUT2D eigenvalue weighted by Gasteiger charge is -2.31. The van der Waals surface area contributed by atoms with Crippen molar-refractivity contribution in [1.82, 2.24) is 9.80 Å². The van der Waals surface area contributed by atoms with Crippen molar-refractivity contribution in [3.8, 4) is 11.5 Å². The van der Waals surface area contributed by atoms with Crippen LogP contribution < -0.4 is 9.47 Å². The average molecular weight is 379 g/mol. The molecule has 0 spiro atoms. The minimum Gasteiger partial charge on any atom is -0.493 e. The van der Waals surface area contributed by atoms with Gasteiger partial charge in [0.2, 0.25) is 0 Å². The minimum absolute atomic E-state index is 0.192. The molecule has 1 aromatic carbocycles. The number of likely N-dealkylation sites (tertiary alicyclic amines) is 2. The summed E-state index contributed by atoms with van der Waals surface area (Å²) in [5, 5.41) is 19.9. The standard InChI is InChI=1S/C21H34N2O4/c1-26-21-13-17(14-22-9-3-2-4-10-22)5-6-20(21)27-16-19(25)15-23-11-7-18(24)8-12-23/h5-6,13,18-19,24-25H,2-4,7-12,14-16H2,1H3/t19-/m0/s1. The van der Waals surface area contributed by atoms with Gasteiger partial charge in [-0.2, -0.15) is 0 Å². The van der Waals surface area contributed by atoms with Gasteiger partial charge >= 0.3 is 0 Å². The normalized spacial score (nSPS) is 21.1. The average Bonchev–Trinajstić information content (AvgIpc) is 2.69. The number of benzene rings is 1. The summed E-state index contributed by atoms with van der Waals surface area (Å²) < 4.78 is 11.3. The molecule has 3 rings (SSSR count). The molecular weight excluding hydrogens is 344 g/mol. The summed E-state index contributed by atoms with van der Waals surface area (Å²) in [6.45, 7) is 5.74. The second kappa shape index (κ2) is 10.3. The quantitative estimate of drug-likeness (QED) is 0.720. The zero-order valence-electron chi connectivity index (χ0n) is 16.5. The van der Waals surface area contributed by atoms with E-state index in [1.807, 2.05) is 12.1 Å². The molecule has 0 amide bonds. The highest BCUT2D eigenvalue weighted by molar-refractivity contribution is 5.43. The summed E-state index contributed by atoms with van der Waals surface area (Å²) in [5.41, 5.74) is 1.23. The van der Waals surface area contributed by atoms with E-state index < -0.39 is 6.10 Å². The van der Waals surface area contributed by atoms with Gasteiger partial charge in [0.25, 0.3) is 0 Å². The Hall–Kier alpha value is -1.34. The van der Waals surface area contributed by atoms with Gasteiger partial charge in [-0.05, 0) is 56.5 Å². The molecule has 2 N–H and O–H groups in total. The van der Waals surface area contributed by atoms with Crippen LogP contribution in [-0.2, 0) is 6.54 Å². The van der Waals surface area contributed by atoms with Crippen molar-refractivity contribution in [2.45, 2.75) is 50.9 Å². The van der Waals surface area contributed by atoms with Crippen molar-refractivity contribution in [2.75, 3.05) is 46.4 Å². The fourth-order valence-corrected chi connectivity index (χ4v) is 3.94. The third-order valence-corrected chi connectivity index (χ3v) is 5.54. The van der Waals surface area contributed by atoms with Crippen molar-refractivity contribution in [2.24, 2.45) is 0 Å². The van der Waals surface area contributed by atoms with Crippen LogP contribution in [0.2, 0.25) is 0 Å². The lowest BCUT2D eigenvalue weighted by molar-refractivity contribution is 0.0333. The monoisotopic (exact) mass is 378 g/mol. The molecule has 2 aliphatic rings. The van der Waals surface area contributed by atoms with Crippen molar-refractivity contribution >= 4 is 0 Å². The van der Waals surface area contributed by atoms with Crippen LogP contribution in [0.4, 0.5) is 0 Å². The van der Waals surface area contributed by atoms with Crippen LogP contribution in [0.1, 0.15) is 37.7 Å². The third-order valence-electron chi connectivity index (χ3n) is 5.54. The Morgan fingerprint density at radius 1 is 1.04 bits per heavy atom. The van der Waals surface area contributed by atoms with Crippen LogP contribution in [0, 0.1) is 0 Å². The molecule has 0 saturated carbocycles. The smallest absolute Gasteiger partial charge is 0.161 e. The van der Waals surface area contributed by atoms with Gasteiger partial charge in [-0.15, -0.1) is 0 Å². The van der Waals surface area contributed by atoms with Crippen LogP contribution in [0.3, 0.4) is 0 Å². The molecule has 2 saturated heterocycles. The summed E-state index contributed by atoms with van der Waals surface area (Å²) in [6.07, 6.45) is 4.71. The van der Waals surface area contributed by atoms with E-state index in [2.05, 4.69) is 15.9 Å². The molecule has 1 atom stereocenters. The van der Waals surface area contributed by atoms with Gasteiger partial charge in [0.1, 0.15) is 12.7 Å². The summed E-state index contributed by atoms with van der Waals surface area (Å²) in [6, 6.07) is 6.08. The summed E-state index contributed by atoms with van der Waals surface area (Å²) in [5.74, 6) is 1.39. The Kier molecular flexibility index (Phi) is 7.76. The molecule has 2 aliphatic heterocycles. The van der Waals surface area contributed by atoms with Gasteiger partial charge in [-0.3, -0.25) is 4.90 Å². The zero-order valence-corrected chi connectivity index (χ0v) is 16.5. The Bertz CT molecular complexity index is 569. The maximum absolute atomic E-state index is 10.3. The van der Waals surface area contributed by atoms with Crippen LogP contribution in [0.15, 0.2) is 18.2 Å². The number of piperidine rings is 2. The van der Waals surface area contributed by atoms with Gasteiger partial charge in [0.15, 0.2) is 11.5 Å². The first-order chi connectivity index (χ1) is 13.1. The zero-order chi connectivity index (χ0) is 19.1. The summed E-state index contributed by atoms with van der Waals surface area (Å²) >= 11 is 0. The van der Waals surface area contributed by atoms with E-state index in [1.165, 1.54) is 37.9 Å². The molecule has 0 aliphatic carbocycles. The van der Waals surface area contributed by atoms with E-state index in [4.69, 9.17) is 9.47 Å². The maximum Gasteiger partial charge on any atom is 0.161 e. The molecule has 0 radical (unpaired) electrons. The van der Waals surface area contributed by atoms with Crippen molar-refractivity contribution < 1.29 is 19.7 Å². The minimum atomic E-state index is -0.557. The van der Waals surface area contributed by atoms with Crippen LogP contribution >= 0.6 is 0 Å². The highest BCUT2D eigenvalue weighted by Gasteiger charge is 2.20. The molecule has 1 aromatic rings. The van der Waals surface area contributed by atoms with Crippen molar-refractivity contribution in [3.63, 3.8) is 0 Å². The number of β-amino-alcohol motifs (C(OH)–C–C–N with tert-alkyl or cyclic N) is 1. The fourth-order valence-electron chi connectivity index (χ4n) is 3.94. The predicted octanol–water partition coefficient (Wildman–Crippen LogP) is 1.88. The van der Waals surface area contributed by atoms with Gasteiger partial charge < -0.3 is 24.6 Å². The number of methoxy groups -OCH3 is 1. The number of aliphatic hydroxyl groups excluding tert-OH is 2. The largest absolute Gasteiger partial charge is 0.493 e. The molecule has 0 unspecified atom stereocenters. The number of aliphatic hydroxyl groups is 2. The highest BCUT2D eigenvalue weighted by Crippen LogP contribution is 2.29. The Morgan fingerprint density at radius 3 is 2.48 bits per heavy atom. The highest BCUT2D eigenvalue weighted by atomic mass is 16.5. The first-order valence-corrected chi connectivity index (χ1v) is 10.2. The lowest BCUT2D eigenvalue weighted by atomic mass is 10.1. The van der Waals surface area contributed by atoms with E-state index in [0.29, 0.717) is 12.3 Å². The molecule has 6 heteroatoms. The first kappa shape index (κ1) is 20.4. The van der Waals surface area contributed by atoms with Crippen LogP contribution in [0.25, 0.3) is 0 Å². The van der Waals surface area contributed by atoms with Crippen LogP contribution in [0.5, 0.6) is 11.5 Å². The molecule has 0 aromatic heterocycles. The number of nitrogens with zero attached hydrogens (tertiary/aromatic N) is 2. The number of hydrogen-bond donors (Lipinski definition) is 2. The fraction of sp³-hybridized carbons (Fsp3) is 0.714. The topological polar surface area (TPSA) is 65.4 Å². The number of rotatable bonds is 8. The number of ether oxygens (including phenoxy) is 2. The molecule has 152 valence electrons.